The molecule has 2 aromatic carbocycles. The van der Waals surface area contributed by atoms with Crippen LogP contribution in [-0.4, -0.2) is 31.1 Å². The average Bonchev–Trinajstić information content (AvgIpc) is 3.19. The summed E-state index contributed by atoms with van der Waals surface area (Å²) in [4.78, 5) is 15.8. The molecule has 29 heavy (non-hydrogen) atoms. The van der Waals surface area contributed by atoms with Gasteiger partial charge in [0.2, 0.25) is 21.7 Å². The number of nitrogens with one attached hydrogen (secondary N) is 1. The van der Waals surface area contributed by atoms with Crippen LogP contribution in [0.3, 0.4) is 0 Å². The Hall–Kier alpha value is -3.11. The normalized spacial score (nSPS) is 12.5. The lowest BCUT2D eigenvalue weighted by atomic mass is 10.2. The maximum absolute atomic E-state index is 13.0. The second kappa shape index (κ2) is 8.50. The van der Waals surface area contributed by atoms with Gasteiger partial charge in [0.1, 0.15) is 5.82 Å². The van der Waals surface area contributed by atoms with Crippen LogP contribution in [0, 0.1) is 5.82 Å². The molecule has 0 saturated heterocycles. The fourth-order valence-electron chi connectivity index (χ4n) is 2.46. The maximum Gasteiger partial charge on any atom is 0.338 e. The standard InChI is InChI=1S/C19H18FN3O5S/c1-3-27-19(24)14-6-10-16(11-7-14)29(25,26)23-12(2)18-21-17(22-28-18)13-4-8-15(20)9-5-13/h4-12,23H,3H2,1-2H3. The van der Waals surface area contributed by atoms with Crippen LogP contribution < -0.4 is 4.72 Å². The Labute approximate surface area is 166 Å². The number of carbonyl (C=O) groups excluding carboxylic acids is 1. The van der Waals surface area contributed by atoms with Crippen LogP contribution in [0.1, 0.15) is 36.1 Å². The van der Waals surface area contributed by atoms with Crippen molar-refractivity contribution in [2.24, 2.45) is 0 Å². The molecule has 1 atom stereocenters. The summed E-state index contributed by atoms with van der Waals surface area (Å²) >= 11 is 0. The van der Waals surface area contributed by atoms with E-state index in [4.69, 9.17) is 9.26 Å². The van der Waals surface area contributed by atoms with Gasteiger partial charge in [-0.25, -0.2) is 17.6 Å². The van der Waals surface area contributed by atoms with E-state index in [9.17, 15) is 17.6 Å². The predicted molar refractivity (Wildman–Crippen MR) is 101 cm³/mol. The number of esters is 1. The molecule has 152 valence electrons. The molecular weight excluding hydrogens is 401 g/mol. The second-order valence-electron chi connectivity index (χ2n) is 6.05. The van der Waals surface area contributed by atoms with Crippen LogP contribution in [0.2, 0.25) is 0 Å². The van der Waals surface area contributed by atoms with Gasteiger partial charge < -0.3 is 9.26 Å². The van der Waals surface area contributed by atoms with E-state index in [2.05, 4.69) is 14.9 Å². The molecule has 1 unspecified atom stereocenters. The van der Waals surface area contributed by atoms with E-state index < -0.39 is 27.9 Å². The fourth-order valence-corrected chi connectivity index (χ4v) is 3.66. The van der Waals surface area contributed by atoms with Crippen molar-refractivity contribution in [3.05, 3.63) is 65.8 Å². The first-order valence-corrected chi connectivity index (χ1v) is 10.2. The summed E-state index contributed by atoms with van der Waals surface area (Å²) in [6.45, 7) is 3.45. The smallest absolute Gasteiger partial charge is 0.338 e. The number of carbonyl (C=O) groups is 1. The Morgan fingerprint density at radius 2 is 1.83 bits per heavy atom. The Morgan fingerprint density at radius 1 is 1.17 bits per heavy atom. The molecule has 8 nitrogen and oxygen atoms in total. The molecule has 0 aliphatic heterocycles. The SMILES string of the molecule is CCOC(=O)c1ccc(S(=O)(=O)NC(C)c2nc(-c3ccc(F)cc3)no2)cc1. The molecule has 0 bridgehead atoms. The maximum atomic E-state index is 13.0. The minimum atomic E-state index is -3.90. The summed E-state index contributed by atoms with van der Waals surface area (Å²) in [6.07, 6.45) is 0. The molecule has 0 saturated carbocycles. The molecule has 0 aliphatic rings. The van der Waals surface area contributed by atoms with Crippen LogP contribution in [0.15, 0.2) is 57.9 Å². The topological polar surface area (TPSA) is 111 Å². The first kappa shape index (κ1) is 20.6. The van der Waals surface area contributed by atoms with Gasteiger partial charge in [0.05, 0.1) is 23.1 Å². The minimum Gasteiger partial charge on any atom is -0.462 e. The Balaban J connectivity index is 1.73. The lowest BCUT2D eigenvalue weighted by Gasteiger charge is -2.11. The molecule has 10 heteroatoms. The molecule has 3 rings (SSSR count). The molecule has 1 heterocycles. The molecule has 3 aromatic rings. The predicted octanol–water partition coefficient (Wildman–Crippen LogP) is 3.09. The number of nitrogens with zero attached hydrogens (tertiary/aromatic N) is 2. The number of halogens is 1. The summed E-state index contributed by atoms with van der Waals surface area (Å²) in [7, 11) is -3.90. The lowest BCUT2D eigenvalue weighted by Crippen LogP contribution is -2.27. The summed E-state index contributed by atoms with van der Waals surface area (Å²) in [5, 5.41) is 3.79. The van der Waals surface area contributed by atoms with Gasteiger partial charge in [-0.2, -0.15) is 9.71 Å². The molecule has 1 N–H and O–H groups in total. The lowest BCUT2D eigenvalue weighted by molar-refractivity contribution is 0.0526. The van der Waals surface area contributed by atoms with Crippen LogP contribution >= 0.6 is 0 Å². The second-order valence-corrected chi connectivity index (χ2v) is 7.76. The van der Waals surface area contributed by atoms with Crippen LogP contribution in [0.4, 0.5) is 4.39 Å². The van der Waals surface area contributed by atoms with Gasteiger partial charge in [0, 0.05) is 5.56 Å². The zero-order valence-corrected chi connectivity index (χ0v) is 16.4. The number of benzene rings is 2. The molecule has 0 fully saturated rings. The number of rotatable bonds is 7. The minimum absolute atomic E-state index is 0.0318. The zero-order valence-electron chi connectivity index (χ0n) is 15.6. The van der Waals surface area contributed by atoms with E-state index in [-0.39, 0.29) is 28.8 Å². The van der Waals surface area contributed by atoms with Crippen molar-refractivity contribution in [2.75, 3.05) is 6.61 Å². The highest BCUT2D eigenvalue weighted by molar-refractivity contribution is 7.89. The Bertz CT molecular complexity index is 1100. The third-order valence-corrected chi connectivity index (χ3v) is 5.48. The summed E-state index contributed by atoms with van der Waals surface area (Å²) in [5.74, 6) is -0.662. The summed E-state index contributed by atoms with van der Waals surface area (Å²) in [6, 6.07) is 10.0. The number of ether oxygens (including phenoxy) is 1. The largest absolute Gasteiger partial charge is 0.462 e. The van der Waals surface area contributed by atoms with E-state index in [0.717, 1.165) is 0 Å². The monoisotopic (exact) mass is 419 g/mol. The van der Waals surface area contributed by atoms with Crippen LogP contribution in [-0.2, 0) is 14.8 Å². The van der Waals surface area contributed by atoms with Crippen LogP contribution in [0.5, 0.6) is 0 Å². The number of hydrogen-bond donors (Lipinski definition) is 1. The average molecular weight is 419 g/mol. The fraction of sp³-hybridized carbons (Fsp3) is 0.211. The zero-order chi connectivity index (χ0) is 21.0. The Morgan fingerprint density at radius 3 is 2.45 bits per heavy atom. The quantitative estimate of drug-likeness (QED) is 0.586. The first-order valence-electron chi connectivity index (χ1n) is 8.69. The summed E-state index contributed by atoms with van der Waals surface area (Å²) < 4.78 is 50.6. The molecule has 0 amide bonds. The third-order valence-electron chi connectivity index (χ3n) is 3.92. The van der Waals surface area contributed by atoms with Gasteiger partial charge in [-0.3, -0.25) is 0 Å². The van der Waals surface area contributed by atoms with Crippen molar-refractivity contribution in [1.82, 2.24) is 14.9 Å². The van der Waals surface area contributed by atoms with E-state index in [1.165, 1.54) is 48.5 Å². The third kappa shape index (κ3) is 4.84. The van der Waals surface area contributed by atoms with Gasteiger partial charge >= 0.3 is 5.97 Å². The highest BCUT2D eigenvalue weighted by Crippen LogP contribution is 2.21. The van der Waals surface area contributed by atoms with Gasteiger partial charge in [0.25, 0.3) is 0 Å². The Kier molecular flexibility index (Phi) is 6.04. The van der Waals surface area contributed by atoms with Gasteiger partial charge in [-0.1, -0.05) is 5.16 Å². The van der Waals surface area contributed by atoms with Crippen molar-refractivity contribution in [2.45, 2.75) is 24.8 Å². The van der Waals surface area contributed by atoms with E-state index >= 15 is 0 Å². The van der Waals surface area contributed by atoms with Crippen molar-refractivity contribution in [3.63, 3.8) is 0 Å². The highest BCUT2D eigenvalue weighted by Gasteiger charge is 2.23. The van der Waals surface area contributed by atoms with Gasteiger partial charge in [0.15, 0.2) is 0 Å². The number of aromatic nitrogens is 2. The summed E-state index contributed by atoms with van der Waals surface area (Å²) in [5.41, 5.74) is 0.783. The number of hydrogen-bond acceptors (Lipinski definition) is 7. The van der Waals surface area contributed by atoms with Crippen molar-refractivity contribution in [3.8, 4) is 11.4 Å². The van der Waals surface area contributed by atoms with E-state index in [1.807, 2.05) is 0 Å². The molecule has 0 spiro atoms. The van der Waals surface area contributed by atoms with Gasteiger partial charge in [-0.05, 0) is 62.4 Å². The van der Waals surface area contributed by atoms with E-state index in [0.29, 0.717) is 5.56 Å². The highest BCUT2D eigenvalue weighted by atomic mass is 32.2. The van der Waals surface area contributed by atoms with Crippen molar-refractivity contribution >= 4 is 16.0 Å². The molecule has 0 radical (unpaired) electrons. The molecular formula is C19H18FN3O5S. The van der Waals surface area contributed by atoms with Crippen molar-refractivity contribution < 1.29 is 26.9 Å². The van der Waals surface area contributed by atoms with Gasteiger partial charge in [-0.15, -0.1) is 0 Å². The molecule has 0 aliphatic carbocycles. The van der Waals surface area contributed by atoms with Crippen LogP contribution in [0.25, 0.3) is 11.4 Å². The first-order chi connectivity index (χ1) is 13.8. The number of sulfonamides is 1. The van der Waals surface area contributed by atoms with E-state index in [1.54, 1.807) is 13.8 Å². The van der Waals surface area contributed by atoms with Crippen molar-refractivity contribution in [1.29, 1.82) is 0 Å². The molecule has 1 aromatic heterocycles.